The standard InChI is InChI=1S/C22H17N5O2S/c1-13-19-15(11-16(18-9-6-10-30-18)23-20(19)27(2)26-13)21(28)25-22-24-17(12-29-22)14-7-4-3-5-8-14/h3-12H,1-2H3,(H,24,25,28). The van der Waals surface area contributed by atoms with Gasteiger partial charge in [-0.3, -0.25) is 14.8 Å². The molecule has 0 aliphatic rings. The van der Waals surface area contributed by atoms with E-state index in [1.54, 1.807) is 22.1 Å². The number of pyridine rings is 1. The summed E-state index contributed by atoms with van der Waals surface area (Å²) in [6.45, 7) is 1.87. The number of amides is 1. The van der Waals surface area contributed by atoms with Gasteiger partial charge < -0.3 is 4.42 Å². The van der Waals surface area contributed by atoms with Gasteiger partial charge in [0, 0.05) is 12.6 Å². The van der Waals surface area contributed by atoms with Gasteiger partial charge >= 0.3 is 6.01 Å². The van der Waals surface area contributed by atoms with E-state index in [4.69, 9.17) is 9.40 Å². The molecular weight excluding hydrogens is 398 g/mol. The zero-order valence-corrected chi connectivity index (χ0v) is 17.1. The van der Waals surface area contributed by atoms with Crippen LogP contribution in [0, 0.1) is 6.92 Å². The Hall–Kier alpha value is -3.78. The highest BCUT2D eigenvalue weighted by atomic mass is 32.1. The summed E-state index contributed by atoms with van der Waals surface area (Å²) in [7, 11) is 1.82. The number of nitrogens with zero attached hydrogens (tertiary/aromatic N) is 4. The van der Waals surface area contributed by atoms with E-state index in [-0.39, 0.29) is 11.9 Å². The van der Waals surface area contributed by atoms with Crippen molar-refractivity contribution in [3.63, 3.8) is 0 Å². The number of benzene rings is 1. The first-order valence-electron chi connectivity index (χ1n) is 9.30. The normalized spacial score (nSPS) is 11.1. The molecule has 5 aromatic rings. The molecule has 4 heterocycles. The summed E-state index contributed by atoms with van der Waals surface area (Å²) in [4.78, 5) is 23.3. The molecule has 7 nitrogen and oxygen atoms in total. The van der Waals surface area contributed by atoms with E-state index in [1.165, 1.54) is 6.26 Å². The van der Waals surface area contributed by atoms with Gasteiger partial charge in [0.2, 0.25) is 0 Å². The van der Waals surface area contributed by atoms with E-state index < -0.39 is 0 Å². The van der Waals surface area contributed by atoms with Crippen LogP contribution in [-0.4, -0.2) is 25.7 Å². The van der Waals surface area contributed by atoms with Crippen LogP contribution in [0.3, 0.4) is 0 Å². The van der Waals surface area contributed by atoms with Gasteiger partial charge in [0.15, 0.2) is 5.65 Å². The number of fused-ring (bicyclic) bond motifs is 1. The summed E-state index contributed by atoms with van der Waals surface area (Å²) in [6, 6.07) is 15.5. The van der Waals surface area contributed by atoms with E-state index in [1.807, 2.05) is 61.8 Å². The predicted molar refractivity (Wildman–Crippen MR) is 116 cm³/mol. The number of oxazole rings is 1. The molecule has 5 rings (SSSR count). The first-order chi connectivity index (χ1) is 14.6. The maximum atomic E-state index is 13.2. The van der Waals surface area contributed by atoms with E-state index in [0.29, 0.717) is 22.3 Å². The number of aryl methyl sites for hydroxylation is 2. The van der Waals surface area contributed by atoms with Gasteiger partial charge in [0.25, 0.3) is 5.91 Å². The van der Waals surface area contributed by atoms with E-state index in [9.17, 15) is 4.79 Å². The monoisotopic (exact) mass is 415 g/mol. The minimum Gasteiger partial charge on any atom is -0.431 e. The molecule has 8 heteroatoms. The second-order valence-electron chi connectivity index (χ2n) is 6.80. The van der Waals surface area contributed by atoms with Crippen LogP contribution in [0.4, 0.5) is 6.01 Å². The Morgan fingerprint density at radius 3 is 2.70 bits per heavy atom. The Labute approximate surface area is 176 Å². The molecule has 0 spiro atoms. The average molecular weight is 415 g/mol. The van der Waals surface area contributed by atoms with Crippen molar-refractivity contribution in [2.75, 3.05) is 5.32 Å². The van der Waals surface area contributed by atoms with Gasteiger partial charge in [0.1, 0.15) is 12.0 Å². The molecule has 1 N–H and O–H groups in total. The maximum Gasteiger partial charge on any atom is 0.302 e. The SMILES string of the molecule is Cc1nn(C)c2nc(-c3cccs3)cc(C(=O)Nc3nc(-c4ccccc4)co3)c12. The van der Waals surface area contributed by atoms with E-state index in [0.717, 1.165) is 21.8 Å². The Morgan fingerprint density at radius 2 is 1.93 bits per heavy atom. The summed E-state index contributed by atoms with van der Waals surface area (Å²) in [5.74, 6) is -0.322. The number of carbonyl (C=O) groups excluding carboxylic acids is 1. The molecule has 148 valence electrons. The van der Waals surface area contributed by atoms with Crippen LogP contribution >= 0.6 is 11.3 Å². The summed E-state index contributed by atoms with van der Waals surface area (Å²) in [6.07, 6.45) is 1.53. The fourth-order valence-corrected chi connectivity index (χ4v) is 4.10. The maximum absolute atomic E-state index is 13.2. The van der Waals surface area contributed by atoms with Crippen molar-refractivity contribution < 1.29 is 9.21 Å². The van der Waals surface area contributed by atoms with Crippen LogP contribution in [-0.2, 0) is 7.05 Å². The molecule has 0 fully saturated rings. The zero-order valence-electron chi connectivity index (χ0n) is 16.3. The van der Waals surface area contributed by atoms with Gasteiger partial charge in [-0.05, 0) is 24.4 Å². The molecule has 1 aromatic carbocycles. The average Bonchev–Trinajstić information content (AvgIpc) is 3.50. The summed E-state index contributed by atoms with van der Waals surface area (Å²) in [5, 5.41) is 9.91. The van der Waals surface area contributed by atoms with Gasteiger partial charge in [-0.25, -0.2) is 4.98 Å². The topological polar surface area (TPSA) is 85.8 Å². The van der Waals surface area contributed by atoms with Crippen LogP contribution < -0.4 is 5.32 Å². The van der Waals surface area contributed by atoms with Gasteiger partial charge in [0.05, 0.1) is 27.2 Å². The molecule has 0 bridgehead atoms. The van der Waals surface area contributed by atoms with E-state index in [2.05, 4.69) is 15.4 Å². The van der Waals surface area contributed by atoms with Crippen molar-refractivity contribution in [1.29, 1.82) is 0 Å². The van der Waals surface area contributed by atoms with Crippen LogP contribution in [0.1, 0.15) is 16.1 Å². The molecule has 0 atom stereocenters. The molecule has 0 radical (unpaired) electrons. The number of hydrogen-bond acceptors (Lipinski definition) is 6. The fourth-order valence-electron chi connectivity index (χ4n) is 3.41. The van der Waals surface area contributed by atoms with Crippen LogP contribution in [0.25, 0.3) is 32.9 Å². The lowest BCUT2D eigenvalue weighted by Gasteiger charge is -2.06. The highest BCUT2D eigenvalue weighted by Gasteiger charge is 2.21. The lowest BCUT2D eigenvalue weighted by Crippen LogP contribution is -2.13. The third-order valence-corrected chi connectivity index (χ3v) is 5.67. The molecule has 0 aliphatic heterocycles. The van der Waals surface area contributed by atoms with Crippen molar-refractivity contribution >= 4 is 34.3 Å². The van der Waals surface area contributed by atoms with Crippen molar-refractivity contribution in [3.05, 3.63) is 71.4 Å². The summed E-state index contributed by atoms with van der Waals surface area (Å²) >= 11 is 1.57. The van der Waals surface area contributed by atoms with Gasteiger partial charge in [-0.1, -0.05) is 36.4 Å². The lowest BCUT2D eigenvalue weighted by atomic mass is 10.1. The third-order valence-electron chi connectivity index (χ3n) is 4.78. The number of anilines is 1. The highest BCUT2D eigenvalue weighted by molar-refractivity contribution is 7.13. The molecule has 0 unspecified atom stereocenters. The molecule has 0 saturated carbocycles. The number of nitrogens with one attached hydrogen (secondary N) is 1. The molecule has 1 amide bonds. The van der Waals surface area contributed by atoms with Gasteiger partial charge in [-0.15, -0.1) is 11.3 Å². The molecule has 4 aromatic heterocycles. The van der Waals surface area contributed by atoms with Crippen LogP contribution in [0.15, 0.2) is 64.6 Å². The second-order valence-corrected chi connectivity index (χ2v) is 7.75. The van der Waals surface area contributed by atoms with Crippen LogP contribution in [0.5, 0.6) is 0 Å². The number of carbonyl (C=O) groups is 1. The minimum atomic E-state index is -0.322. The highest BCUT2D eigenvalue weighted by Crippen LogP contribution is 2.30. The molecule has 0 saturated heterocycles. The van der Waals surface area contributed by atoms with E-state index >= 15 is 0 Å². The lowest BCUT2D eigenvalue weighted by molar-refractivity contribution is 0.102. The minimum absolute atomic E-state index is 0.142. The third kappa shape index (κ3) is 3.17. The summed E-state index contributed by atoms with van der Waals surface area (Å²) < 4.78 is 7.18. The Kier molecular flexibility index (Phi) is 4.40. The Balaban J connectivity index is 1.54. The molecule has 30 heavy (non-hydrogen) atoms. The van der Waals surface area contributed by atoms with Crippen molar-refractivity contribution in [1.82, 2.24) is 19.7 Å². The number of thiophene rings is 1. The van der Waals surface area contributed by atoms with Crippen LogP contribution in [0.2, 0.25) is 0 Å². The first kappa shape index (κ1) is 18.3. The van der Waals surface area contributed by atoms with Crippen molar-refractivity contribution in [2.45, 2.75) is 6.92 Å². The first-order valence-corrected chi connectivity index (χ1v) is 10.2. The molecular formula is C22H17N5O2S. The smallest absolute Gasteiger partial charge is 0.302 e. The zero-order chi connectivity index (χ0) is 20.7. The number of rotatable bonds is 4. The van der Waals surface area contributed by atoms with Gasteiger partial charge in [-0.2, -0.15) is 10.1 Å². The fraction of sp³-hybridized carbons (Fsp3) is 0.0909. The van der Waals surface area contributed by atoms with Crippen molar-refractivity contribution in [2.24, 2.45) is 7.05 Å². The Bertz CT molecular complexity index is 1350. The van der Waals surface area contributed by atoms with Crippen molar-refractivity contribution in [3.8, 4) is 21.8 Å². The second kappa shape index (κ2) is 7.23. The number of hydrogen-bond donors (Lipinski definition) is 1. The predicted octanol–water partition coefficient (Wildman–Crippen LogP) is 4.91. The largest absolute Gasteiger partial charge is 0.431 e. The number of aromatic nitrogens is 4. The molecule has 0 aliphatic carbocycles. The quantitative estimate of drug-likeness (QED) is 0.451. The Morgan fingerprint density at radius 1 is 1.10 bits per heavy atom. The summed E-state index contributed by atoms with van der Waals surface area (Å²) in [5.41, 5.74) is 4.16.